The summed E-state index contributed by atoms with van der Waals surface area (Å²) in [4.78, 5) is 25.5. The first kappa shape index (κ1) is 23.3. The molecule has 0 radical (unpaired) electrons. The van der Waals surface area contributed by atoms with Crippen LogP contribution < -0.4 is 10.6 Å². The summed E-state index contributed by atoms with van der Waals surface area (Å²) < 4.78 is 1.88. The predicted molar refractivity (Wildman–Crippen MR) is 136 cm³/mol. The molecule has 0 aliphatic rings. The molecule has 0 unspecified atom stereocenters. The molecule has 4 rings (SSSR count). The maximum Gasteiger partial charge on any atom is 0.257 e. The average Bonchev–Trinajstić information content (AvgIpc) is 3.18. The molecule has 0 atom stereocenters. The topological polar surface area (TPSA) is 88.9 Å². The number of benzene rings is 3. The lowest BCUT2D eigenvalue weighted by Gasteiger charge is -2.12. The van der Waals surface area contributed by atoms with Crippen LogP contribution in [0.2, 0.25) is 0 Å². The second kappa shape index (κ2) is 10.4. The van der Waals surface area contributed by atoms with Gasteiger partial charge in [-0.2, -0.15) is 0 Å². The van der Waals surface area contributed by atoms with E-state index in [0.717, 1.165) is 22.5 Å². The highest BCUT2D eigenvalue weighted by molar-refractivity contribution is 7.99. The van der Waals surface area contributed by atoms with Crippen LogP contribution in [0, 0.1) is 13.8 Å². The largest absolute Gasteiger partial charge is 0.325 e. The van der Waals surface area contributed by atoms with Crippen LogP contribution in [-0.4, -0.2) is 32.3 Å². The normalized spacial score (nSPS) is 10.7. The second-order valence-electron chi connectivity index (χ2n) is 7.89. The number of carbonyl (C=O) groups excluding carboxylic acids is 2. The van der Waals surface area contributed by atoms with Gasteiger partial charge < -0.3 is 15.2 Å². The summed E-state index contributed by atoms with van der Waals surface area (Å²) in [5, 5.41) is 14.9. The van der Waals surface area contributed by atoms with Gasteiger partial charge >= 0.3 is 0 Å². The van der Waals surface area contributed by atoms with E-state index in [2.05, 4.69) is 20.8 Å². The van der Waals surface area contributed by atoms with E-state index in [-0.39, 0.29) is 17.6 Å². The quantitative estimate of drug-likeness (QED) is 0.367. The summed E-state index contributed by atoms with van der Waals surface area (Å²) in [5.74, 6) is 0.360. The Morgan fingerprint density at radius 3 is 2.47 bits per heavy atom. The number of para-hydroxylation sites is 1. The van der Waals surface area contributed by atoms with Crippen LogP contribution in [0.4, 0.5) is 11.4 Å². The molecule has 8 heteroatoms. The van der Waals surface area contributed by atoms with Crippen molar-refractivity contribution in [2.75, 3.05) is 16.4 Å². The predicted octanol–water partition coefficient (Wildman–Crippen LogP) is 5.08. The summed E-state index contributed by atoms with van der Waals surface area (Å²) in [7, 11) is 1.88. The summed E-state index contributed by atoms with van der Waals surface area (Å²) >= 11 is 1.29. The third-order valence-electron chi connectivity index (χ3n) is 5.27. The molecular formula is C26H25N5O2S. The highest BCUT2D eigenvalue weighted by atomic mass is 32.2. The van der Waals surface area contributed by atoms with Gasteiger partial charge in [-0.25, -0.2) is 0 Å². The van der Waals surface area contributed by atoms with Gasteiger partial charge in [-0.05, 0) is 49.2 Å². The van der Waals surface area contributed by atoms with Crippen molar-refractivity contribution in [1.29, 1.82) is 0 Å². The Labute approximate surface area is 202 Å². The van der Waals surface area contributed by atoms with Gasteiger partial charge in [0.2, 0.25) is 5.91 Å². The van der Waals surface area contributed by atoms with Crippen molar-refractivity contribution < 1.29 is 9.59 Å². The third kappa shape index (κ3) is 5.35. The van der Waals surface area contributed by atoms with E-state index < -0.39 is 0 Å². The molecule has 0 saturated carbocycles. The van der Waals surface area contributed by atoms with Gasteiger partial charge in [0.1, 0.15) is 0 Å². The Hall–Kier alpha value is -3.91. The lowest BCUT2D eigenvalue weighted by Crippen LogP contribution is -2.19. The maximum absolute atomic E-state index is 12.8. The summed E-state index contributed by atoms with van der Waals surface area (Å²) in [6, 6.07) is 22.5. The Morgan fingerprint density at radius 2 is 1.68 bits per heavy atom. The number of thioether (sulfide) groups is 1. The van der Waals surface area contributed by atoms with E-state index in [9.17, 15) is 9.59 Å². The first-order chi connectivity index (χ1) is 16.4. The number of aromatic nitrogens is 3. The molecule has 0 spiro atoms. The van der Waals surface area contributed by atoms with Crippen LogP contribution in [0.25, 0.3) is 11.4 Å². The van der Waals surface area contributed by atoms with Crippen LogP contribution in [0.5, 0.6) is 0 Å². The van der Waals surface area contributed by atoms with Gasteiger partial charge in [-0.1, -0.05) is 60.3 Å². The molecule has 0 aliphatic carbocycles. The van der Waals surface area contributed by atoms with E-state index in [1.54, 1.807) is 24.3 Å². The average molecular weight is 472 g/mol. The van der Waals surface area contributed by atoms with Gasteiger partial charge in [0.05, 0.1) is 17.0 Å². The van der Waals surface area contributed by atoms with E-state index in [4.69, 9.17) is 0 Å². The van der Waals surface area contributed by atoms with Crippen molar-refractivity contribution >= 4 is 35.0 Å². The molecule has 2 amide bonds. The fourth-order valence-corrected chi connectivity index (χ4v) is 4.24. The first-order valence-corrected chi connectivity index (χ1v) is 11.8. The summed E-state index contributed by atoms with van der Waals surface area (Å²) in [5.41, 5.74) is 4.70. The van der Waals surface area contributed by atoms with Crippen molar-refractivity contribution in [1.82, 2.24) is 14.8 Å². The molecule has 0 saturated heterocycles. The fraction of sp³-hybridized carbons (Fsp3) is 0.154. The number of hydrogen-bond acceptors (Lipinski definition) is 5. The number of anilines is 2. The third-order valence-corrected chi connectivity index (χ3v) is 6.30. The van der Waals surface area contributed by atoms with Gasteiger partial charge in [0.15, 0.2) is 11.0 Å². The summed E-state index contributed by atoms with van der Waals surface area (Å²) in [6.45, 7) is 3.99. The number of carbonyl (C=O) groups is 2. The number of amides is 2. The van der Waals surface area contributed by atoms with Crippen molar-refractivity contribution in [3.8, 4) is 11.4 Å². The van der Waals surface area contributed by atoms with Gasteiger partial charge in [-0.3, -0.25) is 9.59 Å². The van der Waals surface area contributed by atoms with E-state index >= 15 is 0 Å². The zero-order valence-corrected chi connectivity index (χ0v) is 20.0. The smallest absolute Gasteiger partial charge is 0.257 e. The number of rotatable bonds is 7. The van der Waals surface area contributed by atoms with Gasteiger partial charge in [0, 0.05) is 18.3 Å². The SMILES string of the molecule is Cc1cccc(NC(=O)c2ccccc2NC(=O)CSc2nnc(-c3ccccc3C)n2C)c1. The molecule has 0 aliphatic heterocycles. The maximum atomic E-state index is 12.8. The van der Waals surface area contributed by atoms with Crippen LogP contribution in [0.1, 0.15) is 21.5 Å². The molecular weight excluding hydrogens is 446 g/mol. The summed E-state index contributed by atoms with van der Waals surface area (Å²) in [6.07, 6.45) is 0. The Morgan fingerprint density at radius 1 is 0.912 bits per heavy atom. The molecule has 172 valence electrons. The van der Waals surface area contributed by atoms with E-state index in [1.165, 1.54) is 11.8 Å². The van der Waals surface area contributed by atoms with Gasteiger partial charge in [-0.15, -0.1) is 10.2 Å². The van der Waals surface area contributed by atoms with Crippen LogP contribution in [0.15, 0.2) is 78.0 Å². The van der Waals surface area contributed by atoms with Crippen molar-refractivity contribution in [3.05, 3.63) is 89.5 Å². The molecule has 2 N–H and O–H groups in total. The monoisotopic (exact) mass is 471 g/mol. The molecule has 0 fully saturated rings. The van der Waals surface area contributed by atoms with E-state index in [1.807, 2.05) is 74.0 Å². The Balaban J connectivity index is 1.42. The minimum atomic E-state index is -0.287. The molecule has 0 bridgehead atoms. The minimum absolute atomic E-state index is 0.133. The van der Waals surface area contributed by atoms with Crippen molar-refractivity contribution in [2.24, 2.45) is 7.05 Å². The van der Waals surface area contributed by atoms with Crippen LogP contribution in [0.3, 0.4) is 0 Å². The molecule has 7 nitrogen and oxygen atoms in total. The number of hydrogen-bond donors (Lipinski definition) is 2. The lowest BCUT2D eigenvalue weighted by atomic mass is 10.1. The van der Waals surface area contributed by atoms with E-state index in [0.29, 0.717) is 22.1 Å². The standard InChI is InChI=1S/C26H25N5O2S/c1-17-9-8-11-19(15-17)27-25(33)21-13-6-7-14-22(21)28-23(32)16-34-26-30-29-24(31(26)3)20-12-5-4-10-18(20)2/h4-15H,16H2,1-3H3,(H,27,33)(H,28,32). The molecule has 4 aromatic rings. The zero-order chi connectivity index (χ0) is 24.1. The number of nitrogens with one attached hydrogen (secondary N) is 2. The number of aryl methyl sites for hydroxylation is 2. The highest BCUT2D eigenvalue weighted by Gasteiger charge is 2.16. The molecule has 1 aromatic heterocycles. The molecule has 3 aromatic carbocycles. The van der Waals surface area contributed by atoms with Crippen molar-refractivity contribution in [3.63, 3.8) is 0 Å². The van der Waals surface area contributed by atoms with Crippen LogP contribution in [-0.2, 0) is 11.8 Å². The Kier molecular flexibility index (Phi) is 7.08. The lowest BCUT2D eigenvalue weighted by molar-refractivity contribution is -0.113. The molecule has 34 heavy (non-hydrogen) atoms. The first-order valence-electron chi connectivity index (χ1n) is 10.8. The highest BCUT2D eigenvalue weighted by Crippen LogP contribution is 2.25. The zero-order valence-electron chi connectivity index (χ0n) is 19.2. The number of nitrogens with zero attached hydrogens (tertiary/aromatic N) is 3. The molecule has 1 heterocycles. The Bertz CT molecular complexity index is 1350. The van der Waals surface area contributed by atoms with Crippen LogP contribution >= 0.6 is 11.8 Å². The van der Waals surface area contributed by atoms with Crippen molar-refractivity contribution in [2.45, 2.75) is 19.0 Å². The second-order valence-corrected chi connectivity index (χ2v) is 8.83. The fourth-order valence-electron chi connectivity index (χ4n) is 3.53. The minimum Gasteiger partial charge on any atom is -0.325 e. The van der Waals surface area contributed by atoms with Gasteiger partial charge in [0.25, 0.3) is 5.91 Å².